The average Bonchev–Trinajstić information content (AvgIpc) is 2.19. The topological polar surface area (TPSA) is 42.0 Å². The highest BCUT2D eigenvalue weighted by atomic mass is 35.5. The minimum Gasteiger partial charge on any atom is -0.350 e. The van der Waals surface area contributed by atoms with E-state index >= 15 is 0 Å². The Labute approximate surface area is 88.5 Å². The quantitative estimate of drug-likeness (QED) is 0.775. The fourth-order valence-corrected chi connectivity index (χ4v) is 1.31. The second kappa shape index (κ2) is 5.60. The van der Waals surface area contributed by atoms with Crippen molar-refractivity contribution >= 4 is 17.5 Å². The molecular weight excluding hydrogens is 200 g/mol. The monoisotopic (exact) mass is 212 g/mol. The minimum absolute atomic E-state index is 0.00807. The van der Waals surface area contributed by atoms with E-state index in [1.165, 1.54) is 0 Å². The zero-order chi connectivity index (χ0) is 10.4. The Kier molecular flexibility index (Phi) is 4.40. The molecule has 1 aromatic heterocycles. The van der Waals surface area contributed by atoms with Gasteiger partial charge in [-0.25, -0.2) is 0 Å². The first-order chi connectivity index (χ1) is 6.74. The van der Waals surface area contributed by atoms with Gasteiger partial charge in [0.1, 0.15) is 0 Å². The highest BCUT2D eigenvalue weighted by Gasteiger charge is 2.07. The summed E-state index contributed by atoms with van der Waals surface area (Å²) in [6, 6.07) is 3.77. The molecule has 0 spiro atoms. The molecular formula is C10H13ClN2O. The van der Waals surface area contributed by atoms with Crippen LogP contribution in [-0.2, 0) is 4.79 Å². The molecule has 1 rings (SSSR count). The Hall–Kier alpha value is -1.09. The minimum atomic E-state index is -0.0238. The maximum Gasteiger partial charge on any atom is 0.221 e. The molecule has 0 unspecified atom stereocenters. The highest BCUT2D eigenvalue weighted by Crippen LogP contribution is 2.09. The number of alkyl halides is 1. The van der Waals surface area contributed by atoms with Gasteiger partial charge >= 0.3 is 0 Å². The Morgan fingerprint density at radius 3 is 2.79 bits per heavy atom. The number of hydrogen-bond acceptors (Lipinski definition) is 2. The SMILES string of the molecule is C[C@H](NC(=O)CCCl)c1ccncc1. The summed E-state index contributed by atoms with van der Waals surface area (Å²) in [4.78, 5) is 15.1. The van der Waals surface area contributed by atoms with Gasteiger partial charge < -0.3 is 5.32 Å². The molecule has 0 saturated heterocycles. The molecule has 4 heteroatoms. The third kappa shape index (κ3) is 3.34. The van der Waals surface area contributed by atoms with Gasteiger partial charge in [-0.15, -0.1) is 11.6 Å². The van der Waals surface area contributed by atoms with Crippen LogP contribution in [0.4, 0.5) is 0 Å². The van der Waals surface area contributed by atoms with E-state index in [0.717, 1.165) is 5.56 Å². The fraction of sp³-hybridized carbons (Fsp3) is 0.400. The molecule has 14 heavy (non-hydrogen) atoms. The predicted molar refractivity (Wildman–Crippen MR) is 56.1 cm³/mol. The lowest BCUT2D eigenvalue weighted by Crippen LogP contribution is -2.26. The lowest BCUT2D eigenvalue weighted by molar-refractivity contribution is -0.121. The van der Waals surface area contributed by atoms with Crippen LogP contribution >= 0.6 is 11.6 Å². The van der Waals surface area contributed by atoms with Crippen molar-refractivity contribution in [3.8, 4) is 0 Å². The predicted octanol–water partition coefficient (Wildman–Crippen LogP) is 1.89. The zero-order valence-electron chi connectivity index (χ0n) is 8.03. The summed E-state index contributed by atoms with van der Waals surface area (Å²) in [5, 5.41) is 2.85. The van der Waals surface area contributed by atoms with Crippen LogP contribution in [-0.4, -0.2) is 16.8 Å². The van der Waals surface area contributed by atoms with Crippen LogP contribution in [0.5, 0.6) is 0 Å². The van der Waals surface area contributed by atoms with E-state index in [1.54, 1.807) is 12.4 Å². The average molecular weight is 213 g/mol. The molecule has 0 fully saturated rings. The van der Waals surface area contributed by atoms with Gasteiger partial charge in [0.2, 0.25) is 5.91 Å². The lowest BCUT2D eigenvalue weighted by Gasteiger charge is -2.13. The van der Waals surface area contributed by atoms with Crippen LogP contribution in [0.3, 0.4) is 0 Å². The third-order valence-corrected chi connectivity index (χ3v) is 2.09. The smallest absolute Gasteiger partial charge is 0.221 e. The van der Waals surface area contributed by atoms with Crippen LogP contribution in [0.25, 0.3) is 0 Å². The van der Waals surface area contributed by atoms with Crippen molar-refractivity contribution in [3.05, 3.63) is 30.1 Å². The molecule has 1 N–H and O–H groups in total. The molecule has 0 saturated carbocycles. The number of nitrogens with one attached hydrogen (secondary N) is 1. The van der Waals surface area contributed by atoms with Gasteiger partial charge in [-0.1, -0.05) is 0 Å². The summed E-state index contributed by atoms with van der Waals surface area (Å²) in [5.74, 6) is 0.332. The van der Waals surface area contributed by atoms with Crippen LogP contribution in [0.15, 0.2) is 24.5 Å². The standard InChI is InChI=1S/C10H13ClN2O/c1-8(13-10(14)2-5-11)9-3-6-12-7-4-9/h3-4,6-8H,2,5H2,1H3,(H,13,14)/t8-/m0/s1. The van der Waals surface area contributed by atoms with E-state index in [2.05, 4.69) is 10.3 Å². The van der Waals surface area contributed by atoms with Gasteiger partial charge in [0.15, 0.2) is 0 Å². The summed E-state index contributed by atoms with van der Waals surface area (Å²) in [6.45, 7) is 1.93. The van der Waals surface area contributed by atoms with E-state index in [0.29, 0.717) is 12.3 Å². The van der Waals surface area contributed by atoms with Crippen molar-refractivity contribution in [1.29, 1.82) is 0 Å². The summed E-state index contributed by atoms with van der Waals surface area (Å²) < 4.78 is 0. The molecule has 0 radical (unpaired) electrons. The van der Waals surface area contributed by atoms with Crippen LogP contribution in [0, 0.1) is 0 Å². The van der Waals surface area contributed by atoms with Crippen LogP contribution in [0.1, 0.15) is 24.9 Å². The lowest BCUT2D eigenvalue weighted by atomic mass is 10.1. The Balaban J connectivity index is 2.50. The first-order valence-electron chi connectivity index (χ1n) is 4.49. The molecule has 0 aliphatic heterocycles. The second-order valence-electron chi connectivity index (χ2n) is 3.01. The first-order valence-corrected chi connectivity index (χ1v) is 5.02. The third-order valence-electron chi connectivity index (χ3n) is 1.91. The molecule has 1 amide bonds. The van der Waals surface area contributed by atoms with E-state index in [9.17, 15) is 4.79 Å². The van der Waals surface area contributed by atoms with Crippen molar-refractivity contribution in [1.82, 2.24) is 10.3 Å². The van der Waals surface area contributed by atoms with Gasteiger partial charge in [-0.05, 0) is 24.6 Å². The number of nitrogens with zero attached hydrogens (tertiary/aromatic N) is 1. The van der Waals surface area contributed by atoms with Crippen molar-refractivity contribution in [2.45, 2.75) is 19.4 Å². The molecule has 3 nitrogen and oxygen atoms in total. The molecule has 0 aromatic carbocycles. The maximum atomic E-state index is 11.2. The van der Waals surface area contributed by atoms with Gasteiger partial charge in [0.25, 0.3) is 0 Å². The number of pyridine rings is 1. The zero-order valence-corrected chi connectivity index (χ0v) is 8.79. The van der Waals surface area contributed by atoms with Crippen molar-refractivity contribution in [2.75, 3.05) is 5.88 Å². The maximum absolute atomic E-state index is 11.2. The Morgan fingerprint density at radius 1 is 1.57 bits per heavy atom. The summed E-state index contributed by atoms with van der Waals surface area (Å²) in [5.41, 5.74) is 1.04. The summed E-state index contributed by atoms with van der Waals surface area (Å²) >= 11 is 5.46. The van der Waals surface area contributed by atoms with Crippen LogP contribution in [0.2, 0.25) is 0 Å². The van der Waals surface area contributed by atoms with Gasteiger partial charge in [-0.2, -0.15) is 0 Å². The summed E-state index contributed by atoms with van der Waals surface area (Å²) in [7, 11) is 0. The number of carbonyl (C=O) groups is 1. The number of carbonyl (C=O) groups excluding carboxylic acids is 1. The number of aromatic nitrogens is 1. The van der Waals surface area contributed by atoms with Crippen LogP contribution < -0.4 is 5.32 Å². The van der Waals surface area contributed by atoms with Gasteiger partial charge in [0.05, 0.1) is 6.04 Å². The Morgan fingerprint density at radius 2 is 2.21 bits per heavy atom. The van der Waals surface area contributed by atoms with Gasteiger partial charge in [-0.3, -0.25) is 9.78 Å². The molecule has 0 bridgehead atoms. The Bertz CT molecular complexity index is 289. The fourth-order valence-electron chi connectivity index (χ4n) is 1.13. The molecule has 0 aliphatic carbocycles. The molecule has 1 atom stereocenters. The first kappa shape index (κ1) is 11.0. The normalized spacial score (nSPS) is 12.1. The van der Waals surface area contributed by atoms with Crippen molar-refractivity contribution in [2.24, 2.45) is 0 Å². The van der Waals surface area contributed by atoms with E-state index < -0.39 is 0 Å². The largest absolute Gasteiger partial charge is 0.350 e. The second-order valence-corrected chi connectivity index (χ2v) is 3.39. The summed E-state index contributed by atoms with van der Waals surface area (Å²) in [6.07, 6.45) is 3.77. The number of hydrogen-bond donors (Lipinski definition) is 1. The number of amides is 1. The number of halogens is 1. The van der Waals surface area contributed by atoms with E-state index in [1.807, 2.05) is 19.1 Å². The molecule has 76 valence electrons. The highest BCUT2D eigenvalue weighted by molar-refractivity contribution is 6.18. The molecule has 0 aliphatic rings. The van der Waals surface area contributed by atoms with Crippen molar-refractivity contribution in [3.63, 3.8) is 0 Å². The van der Waals surface area contributed by atoms with E-state index in [-0.39, 0.29) is 11.9 Å². The van der Waals surface area contributed by atoms with Crippen molar-refractivity contribution < 1.29 is 4.79 Å². The van der Waals surface area contributed by atoms with Gasteiger partial charge in [0, 0.05) is 24.7 Å². The van der Waals surface area contributed by atoms with E-state index in [4.69, 9.17) is 11.6 Å². The molecule has 1 heterocycles. The number of rotatable bonds is 4. The molecule has 1 aromatic rings.